The Morgan fingerprint density at radius 1 is 1.40 bits per heavy atom. The zero-order valence-corrected chi connectivity index (χ0v) is 9.25. The molecule has 15 heavy (non-hydrogen) atoms. The number of aromatic nitrogens is 1. The lowest BCUT2D eigenvalue weighted by Crippen LogP contribution is -1.98. The van der Waals surface area contributed by atoms with Crippen molar-refractivity contribution in [3.63, 3.8) is 0 Å². The van der Waals surface area contributed by atoms with Gasteiger partial charge in [-0.2, -0.15) is 0 Å². The monoisotopic (exact) mass is 217 g/mol. The minimum Gasteiger partial charge on any atom is -0.294 e. The Balaban J connectivity index is 2.52. The Bertz CT molecular complexity index is 462. The van der Waals surface area contributed by atoms with Crippen LogP contribution in [0, 0.1) is 0 Å². The maximum Gasteiger partial charge on any atom is 0.163 e. The Hall–Kier alpha value is -1.48. The van der Waals surface area contributed by atoms with E-state index < -0.39 is 0 Å². The lowest BCUT2D eigenvalue weighted by Gasteiger charge is -2.03. The third kappa shape index (κ3) is 1.97. The maximum atomic E-state index is 11.7. The Morgan fingerprint density at radius 2 is 2.20 bits per heavy atom. The van der Waals surface area contributed by atoms with E-state index in [1.54, 1.807) is 17.5 Å². The van der Waals surface area contributed by atoms with Gasteiger partial charge in [0.15, 0.2) is 5.78 Å². The van der Waals surface area contributed by atoms with Crippen LogP contribution in [0.4, 0.5) is 0 Å². The molecule has 0 fully saturated rings. The van der Waals surface area contributed by atoms with Gasteiger partial charge in [-0.05, 0) is 0 Å². The molecule has 2 aromatic rings. The van der Waals surface area contributed by atoms with Gasteiger partial charge < -0.3 is 0 Å². The summed E-state index contributed by atoms with van der Waals surface area (Å²) in [6.45, 7) is 1.88. The smallest absolute Gasteiger partial charge is 0.163 e. The molecule has 0 aliphatic heterocycles. The molecule has 1 aromatic carbocycles. The maximum absolute atomic E-state index is 11.7. The summed E-state index contributed by atoms with van der Waals surface area (Å²) in [6.07, 6.45) is 2.29. The molecule has 1 aromatic heterocycles. The zero-order chi connectivity index (χ0) is 10.7. The summed E-state index contributed by atoms with van der Waals surface area (Å²) in [4.78, 5) is 15.9. The van der Waals surface area contributed by atoms with Gasteiger partial charge in [-0.1, -0.05) is 31.2 Å². The number of carbonyl (C=O) groups excluding carboxylic acids is 1. The van der Waals surface area contributed by atoms with Crippen molar-refractivity contribution in [1.82, 2.24) is 4.98 Å². The van der Waals surface area contributed by atoms with E-state index >= 15 is 0 Å². The molecule has 0 atom stereocenters. The van der Waals surface area contributed by atoms with E-state index in [4.69, 9.17) is 0 Å². The van der Waals surface area contributed by atoms with Crippen molar-refractivity contribution in [2.75, 3.05) is 0 Å². The first-order valence-electron chi connectivity index (χ1n) is 4.85. The highest BCUT2D eigenvalue weighted by Gasteiger charge is 2.11. The van der Waals surface area contributed by atoms with Crippen molar-refractivity contribution >= 4 is 17.1 Å². The van der Waals surface area contributed by atoms with Crippen LogP contribution in [0.2, 0.25) is 0 Å². The van der Waals surface area contributed by atoms with Crippen molar-refractivity contribution < 1.29 is 4.79 Å². The minimum absolute atomic E-state index is 0.167. The molecule has 0 spiro atoms. The van der Waals surface area contributed by atoms with Crippen LogP contribution >= 0.6 is 11.3 Å². The van der Waals surface area contributed by atoms with E-state index in [1.165, 1.54) is 0 Å². The summed E-state index contributed by atoms with van der Waals surface area (Å²) in [5.74, 6) is 0.167. The third-order valence-corrected chi connectivity index (χ3v) is 3.02. The van der Waals surface area contributed by atoms with Crippen LogP contribution in [0.15, 0.2) is 35.8 Å². The summed E-state index contributed by atoms with van der Waals surface area (Å²) < 4.78 is 0. The molecule has 3 heteroatoms. The normalized spacial score (nSPS) is 10.2. The molecule has 0 bridgehead atoms. The molecule has 0 saturated heterocycles. The molecule has 0 amide bonds. The second kappa shape index (κ2) is 4.36. The SMILES string of the molecule is CCC(=O)c1ccccc1-c1nccs1. The highest BCUT2D eigenvalue weighted by atomic mass is 32.1. The third-order valence-electron chi connectivity index (χ3n) is 2.21. The number of carbonyl (C=O) groups is 1. The van der Waals surface area contributed by atoms with Crippen molar-refractivity contribution in [3.8, 4) is 10.6 Å². The second-order valence-electron chi connectivity index (χ2n) is 3.16. The van der Waals surface area contributed by atoms with Crippen LogP contribution in [0.25, 0.3) is 10.6 Å². The molecule has 0 aliphatic carbocycles. The van der Waals surface area contributed by atoms with E-state index in [0.29, 0.717) is 6.42 Å². The molecule has 76 valence electrons. The van der Waals surface area contributed by atoms with Gasteiger partial charge in [0.2, 0.25) is 0 Å². The van der Waals surface area contributed by atoms with E-state index in [0.717, 1.165) is 16.1 Å². The summed E-state index contributed by atoms with van der Waals surface area (Å²) in [7, 11) is 0. The first-order valence-corrected chi connectivity index (χ1v) is 5.73. The summed E-state index contributed by atoms with van der Waals surface area (Å²) >= 11 is 1.55. The van der Waals surface area contributed by atoms with Gasteiger partial charge in [-0.25, -0.2) is 4.98 Å². The lowest BCUT2D eigenvalue weighted by atomic mass is 10.0. The van der Waals surface area contributed by atoms with Gasteiger partial charge in [0.1, 0.15) is 5.01 Å². The van der Waals surface area contributed by atoms with Crippen LogP contribution in [0.3, 0.4) is 0 Å². The molecule has 0 N–H and O–H groups in total. The Labute approximate surface area is 92.6 Å². The summed E-state index contributed by atoms with van der Waals surface area (Å²) in [5.41, 5.74) is 1.72. The van der Waals surface area contributed by atoms with Crippen molar-refractivity contribution in [2.24, 2.45) is 0 Å². The Kier molecular flexibility index (Phi) is 2.92. The molecule has 2 rings (SSSR count). The predicted octanol–water partition coefficient (Wildman–Crippen LogP) is 3.40. The number of benzene rings is 1. The molecule has 0 aliphatic rings. The lowest BCUT2D eigenvalue weighted by molar-refractivity contribution is 0.0989. The average Bonchev–Trinajstić information content (AvgIpc) is 2.81. The van der Waals surface area contributed by atoms with Gasteiger partial charge >= 0.3 is 0 Å². The van der Waals surface area contributed by atoms with E-state index in [9.17, 15) is 4.79 Å². The van der Waals surface area contributed by atoms with Gasteiger partial charge in [-0.3, -0.25) is 4.79 Å². The molecular formula is C12H11NOS. The highest BCUT2D eigenvalue weighted by Crippen LogP contribution is 2.26. The van der Waals surface area contributed by atoms with Gasteiger partial charge in [0.05, 0.1) is 0 Å². The fraction of sp³-hybridized carbons (Fsp3) is 0.167. The largest absolute Gasteiger partial charge is 0.294 e. The Morgan fingerprint density at radius 3 is 2.87 bits per heavy atom. The van der Waals surface area contributed by atoms with E-state index in [-0.39, 0.29) is 5.78 Å². The van der Waals surface area contributed by atoms with Gasteiger partial charge in [-0.15, -0.1) is 11.3 Å². The fourth-order valence-electron chi connectivity index (χ4n) is 1.46. The second-order valence-corrected chi connectivity index (χ2v) is 4.05. The van der Waals surface area contributed by atoms with Gasteiger partial charge in [0.25, 0.3) is 0 Å². The molecule has 0 radical (unpaired) electrons. The van der Waals surface area contributed by atoms with Crippen molar-refractivity contribution in [1.29, 1.82) is 0 Å². The van der Waals surface area contributed by atoms with Gasteiger partial charge in [0, 0.05) is 29.1 Å². The minimum atomic E-state index is 0.167. The summed E-state index contributed by atoms with van der Waals surface area (Å²) in [6, 6.07) is 7.63. The first kappa shape index (κ1) is 10.1. The highest BCUT2D eigenvalue weighted by molar-refractivity contribution is 7.13. The van der Waals surface area contributed by atoms with Crippen LogP contribution in [-0.4, -0.2) is 10.8 Å². The molecule has 0 saturated carbocycles. The number of thiazole rings is 1. The van der Waals surface area contributed by atoms with Crippen molar-refractivity contribution in [3.05, 3.63) is 41.4 Å². The molecule has 1 heterocycles. The average molecular weight is 217 g/mol. The fourth-order valence-corrected chi connectivity index (χ4v) is 2.14. The molecular weight excluding hydrogens is 206 g/mol. The predicted molar refractivity (Wildman–Crippen MR) is 62.2 cm³/mol. The molecule has 0 unspecified atom stereocenters. The van der Waals surface area contributed by atoms with Crippen LogP contribution in [-0.2, 0) is 0 Å². The number of ketones is 1. The number of hydrogen-bond donors (Lipinski definition) is 0. The number of hydrogen-bond acceptors (Lipinski definition) is 3. The quantitative estimate of drug-likeness (QED) is 0.737. The number of rotatable bonds is 3. The summed E-state index contributed by atoms with van der Waals surface area (Å²) in [5, 5.41) is 2.83. The standard InChI is InChI=1S/C12H11NOS/c1-2-11(14)9-5-3-4-6-10(9)12-13-7-8-15-12/h3-8H,2H2,1H3. The van der Waals surface area contributed by atoms with Crippen LogP contribution in [0.1, 0.15) is 23.7 Å². The molecule has 2 nitrogen and oxygen atoms in total. The van der Waals surface area contributed by atoms with Crippen LogP contribution < -0.4 is 0 Å². The number of Topliss-reactive ketones (excluding diaryl/α,β-unsaturated/α-hetero) is 1. The zero-order valence-electron chi connectivity index (χ0n) is 8.43. The first-order chi connectivity index (χ1) is 7.33. The topological polar surface area (TPSA) is 30.0 Å². The van der Waals surface area contributed by atoms with Crippen molar-refractivity contribution in [2.45, 2.75) is 13.3 Å². The number of nitrogens with zero attached hydrogens (tertiary/aromatic N) is 1. The van der Waals surface area contributed by atoms with Crippen LogP contribution in [0.5, 0.6) is 0 Å². The van der Waals surface area contributed by atoms with E-state index in [1.807, 2.05) is 36.6 Å². The van der Waals surface area contributed by atoms with E-state index in [2.05, 4.69) is 4.98 Å².